The van der Waals surface area contributed by atoms with E-state index in [2.05, 4.69) is 13.0 Å². The van der Waals surface area contributed by atoms with Gasteiger partial charge in [-0.3, -0.25) is 9.59 Å². The Morgan fingerprint density at radius 1 is 0.815 bits per heavy atom. The monoisotopic (exact) mass is 368 g/mol. The first-order chi connectivity index (χ1) is 12.9. The number of rotatable bonds is 4. The van der Waals surface area contributed by atoms with Gasteiger partial charge in [0.25, 0.3) is 0 Å². The maximum Gasteiger partial charge on any atom is 0.227 e. The number of benzene rings is 2. The predicted octanol–water partition coefficient (Wildman–Crippen LogP) is 2.90. The number of hydrogen-bond acceptors (Lipinski definition) is 2. The molecular formula is C22H25FN2O2. The molecule has 5 heteroatoms. The molecule has 0 spiro atoms. The smallest absolute Gasteiger partial charge is 0.227 e. The lowest BCUT2D eigenvalue weighted by Crippen LogP contribution is -2.51. The normalized spacial score (nSPS) is 14.3. The maximum atomic E-state index is 13.3. The van der Waals surface area contributed by atoms with Crippen LogP contribution in [0, 0.1) is 19.7 Å². The average molecular weight is 368 g/mol. The summed E-state index contributed by atoms with van der Waals surface area (Å²) in [5, 5.41) is 0. The Kier molecular flexibility index (Phi) is 5.89. The fourth-order valence-electron chi connectivity index (χ4n) is 3.34. The number of aryl methyl sites for hydroxylation is 2. The molecule has 0 atom stereocenters. The Balaban J connectivity index is 1.51. The van der Waals surface area contributed by atoms with Crippen LogP contribution in [0.3, 0.4) is 0 Å². The number of hydrogen-bond donors (Lipinski definition) is 0. The van der Waals surface area contributed by atoms with E-state index in [1.165, 1.54) is 23.3 Å². The SMILES string of the molecule is Cc1ccc(CC(=O)N2CCN(C(=O)Cc3cccc(F)c3)CC2)cc1C. The first-order valence-electron chi connectivity index (χ1n) is 9.28. The molecule has 1 saturated heterocycles. The summed E-state index contributed by atoms with van der Waals surface area (Å²) in [6, 6.07) is 12.2. The number of halogens is 1. The number of carbonyl (C=O) groups excluding carboxylic acids is 2. The summed E-state index contributed by atoms with van der Waals surface area (Å²) in [6.45, 7) is 6.23. The molecular weight excluding hydrogens is 343 g/mol. The zero-order valence-electron chi connectivity index (χ0n) is 15.9. The van der Waals surface area contributed by atoms with Crippen LogP contribution in [0.5, 0.6) is 0 Å². The van der Waals surface area contributed by atoms with E-state index >= 15 is 0 Å². The van der Waals surface area contributed by atoms with E-state index < -0.39 is 0 Å². The van der Waals surface area contributed by atoms with E-state index in [4.69, 9.17) is 0 Å². The highest BCUT2D eigenvalue weighted by atomic mass is 19.1. The van der Waals surface area contributed by atoms with Crippen molar-refractivity contribution in [2.75, 3.05) is 26.2 Å². The molecule has 1 fully saturated rings. The third-order valence-corrected chi connectivity index (χ3v) is 5.16. The van der Waals surface area contributed by atoms with E-state index in [9.17, 15) is 14.0 Å². The molecule has 3 rings (SSSR count). The van der Waals surface area contributed by atoms with Crippen LogP contribution in [0.2, 0.25) is 0 Å². The molecule has 1 aliphatic rings. The summed E-state index contributed by atoms with van der Waals surface area (Å²) in [4.78, 5) is 28.5. The van der Waals surface area contributed by atoms with Crippen molar-refractivity contribution in [3.63, 3.8) is 0 Å². The Morgan fingerprint density at radius 3 is 1.89 bits per heavy atom. The van der Waals surface area contributed by atoms with Crippen molar-refractivity contribution in [3.05, 3.63) is 70.5 Å². The molecule has 1 heterocycles. The average Bonchev–Trinajstić information content (AvgIpc) is 2.65. The van der Waals surface area contributed by atoms with Gasteiger partial charge in [-0.1, -0.05) is 30.3 Å². The third kappa shape index (κ3) is 4.94. The van der Waals surface area contributed by atoms with Crippen molar-refractivity contribution in [2.45, 2.75) is 26.7 Å². The van der Waals surface area contributed by atoms with Gasteiger partial charge in [0.15, 0.2) is 0 Å². The van der Waals surface area contributed by atoms with Gasteiger partial charge in [-0.15, -0.1) is 0 Å². The Labute approximate surface area is 159 Å². The molecule has 2 aromatic carbocycles. The summed E-state index contributed by atoms with van der Waals surface area (Å²) in [7, 11) is 0. The maximum absolute atomic E-state index is 13.3. The second-order valence-corrected chi connectivity index (χ2v) is 7.16. The highest BCUT2D eigenvalue weighted by Gasteiger charge is 2.24. The van der Waals surface area contributed by atoms with Gasteiger partial charge >= 0.3 is 0 Å². The van der Waals surface area contributed by atoms with Crippen LogP contribution in [0.15, 0.2) is 42.5 Å². The lowest BCUT2D eigenvalue weighted by molar-refractivity contribution is -0.138. The quantitative estimate of drug-likeness (QED) is 0.833. The van der Waals surface area contributed by atoms with Crippen molar-refractivity contribution >= 4 is 11.8 Å². The van der Waals surface area contributed by atoms with Crippen LogP contribution in [-0.2, 0) is 22.4 Å². The minimum Gasteiger partial charge on any atom is -0.339 e. The van der Waals surface area contributed by atoms with Gasteiger partial charge in [0.2, 0.25) is 11.8 Å². The van der Waals surface area contributed by atoms with Crippen molar-refractivity contribution in [1.82, 2.24) is 9.80 Å². The lowest BCUT2D eigenvalue weighted by atomic mass is 10.0. The van der Waals surface area contributed by atoms with Crippen LogP contribution < -0.4 is 0 Å². The zero-order chi connectivity index (χ0) is 19.4. The molecule has 0 radical (unpaired) electrons. The van der Waals surface area contributed by atoms with Crippen LogP contribution >= 0.6 is 0 Å². The molecule has 142 valence electrons. The summed E-state index contributed by atoms with van der Waals surface area (Å²) in [5.74, 6) is -0.264. The van der Waals surface area contributed by atoms with Crippen molar-refractivity contribution in [1.29, 1.82) is 0 Å². The first-order valence-corrected chi connectivity index (χ1v) is 9.28. The largest absolute Gasteiger partial charge is 0.339 e. The van der Waals surface area contributed by atoms with Gasteiger partial charge in [0, 0.05) is 26.2 Å². The number of carbonyl (C=O) groups is 2. The number of amides is 2. The van der Waals surface area contributed by atoms with Gasteiger partial charge < -0.3 is 9.80 Å². The predicted molar refractivity (Wildman–Crippen MR) is 103 cm³/mol. The molecule has 0 N–H and O–H groups in total. The summed E-state index contributed by atoms with van der Waals surface area (Å²) < 4.78 is 13.3. The molecule has 0 unspecified atom stereocenters. The van der Waals surface area contributed by atoms with Gasteiger partial charge in [-0.2, -0.15) is 0 Å². The highest BCUT2D eigenvalue weighted by molar-refractivity contribution is 5.81. The second-order valence-electron chi connectivity index (χ2n) is 7.16. The molecule has 0 aliphatic carbocycles. The number of nitrogens with zero attached hydrogens (tertiary/aromatic N) is 2. The second kappa shape index (κ2) is 8.33. The lowest BCUT2D eigenvalue weighted by Gasteiger charge is -2.35. The van der Waals surface area contributed by atoms with Crippen LogP contribution in [0.1, 0.15) is 22.3 Å². The Hall–Kier alpha value is -2.69. The molecule has 1 aliphatic heterocycles. The van der Waals surface area contributed by atoms with E-state index in [-0.39, 0.29) is 24.1 Å². The van der Waals surface area contributed by atoms with E-state index in [1.54, 1.807) is 17.0 Å². The van der Waals surface area contributed by atoms with Gasteiger partial charge in [-0.05, 0) is 48.2 Å². The standard InChI is InChI=1S/C22H25FN2O2/c1-16-6-7-19(12-17(16)2)15-22(27)25-10-8-24(9-11-25)21(26)14-18-4-3-5-20(23)13-18/h3-7,12-13H,8-11,14-15H2,1-2H3. The topological polar surface area (TPSA) is 40.6 Å². The molecule has 2 amide bonds. The van der Waals surface area contributed by atoms with Crippen molar-refractivity contribution in [3.8, 4) is 0 Å². The van der Waals surface area contributed by atoms with E-state index in [0.717, 1.165) is 5.56 Å². The van der Waals surface area contributed by atoms with Crippen molar-refractivity contribution in [2.24, 2.45) is 0 Å². The molecule has 4 nitrogen and oxygen atoms in total. The van der Waals surface area contributed by atoms with Crippen LogP contribution in [0.25, 0.3) is 0 Å². The van der Waals surface area contributed by atoms with Crippen LogP contribution in [0.4, 0.5) is 4.39 Å². The van der Waals surface area contributed by atoms with Crippen LogP contribution in [-0.4, -0.2) is 47.8 Å². The number of piperazine rings is 1. The van der Waals surface area contributed by atoms with Gasteiger partial charge in [0.1, 0.15) is 5.82 Å². The van der Waals surface area contributed by atoms with Gasteiger partial charge in [0.05, 0.1) is 12.8 Å². The highest BCUT2D eigenvalue weighted by Crippen LogP contribution is 2.13. The van der Waals surface area contributed by atoms with Crippen molar-refractivity contribution < 1.29 is 14.0 Å². The summed E-state index contributed by atoms with van der Waals surface area (Å²) >= 11 is 0. The van der Waals surface area contributed by atoms with E-state index in [1.807, 2.05) is 24.0 Å². The Bertz CT molecular complexity index is 842. The molecule has 2 aromatic rings. The summed E-state index contributed by atoms with van der Waals surface area (Å²) in [6.07, 6.45) is 0.576. The molecule has 0 bridgehead atoms. The Morgan fingerprint density at radius 2 is 1.37 bits per heavy atom. The first kappa shape index (κ1) is 19.1. The summed E-state index contributed by atoms with van der Waals surface area (Å²) in [5.41, 5.74) is 4.10. The fourth-order valence-corrected chi connectivity index (χ4v) is 3.34. The molecule has 0 saturated carbocycles. The molecule has 0 aromatic heterocycles. The fraction of sp³-hybridized carbons (Fsp3) is 0.364. The van der Waals surface area contributed by atoms with Gasteiger partial charge in [-0.25, -0.2) is 4.39 Å². The minimum absolute atomic E-state index is 0.0261. The minimum atomic E-state index is -0.331. The molecule has 27 heavy (non-hydrogen) atoms. The zero-order valence-corrected chi connectivity index (χ0v) is 15.9. The third-order valence-electron chi connectivity index (χ3n) is 5.16. The van der Waals surface area contributed by atoms with E-state index in [0.29, 0.717) is 38.2 Å².